The van der Waals surface area contributed by atoms with Gasteiger partial charge >= 0.3 is 0 Å². The number of nitrogens with zero attached hydrogens (tertiary/aromatic N) is 4. The Balaban J connectivity index is 2.46. The van der Waals surface area contributed by atoms with Crippen LogP contribution in [0.1, 0.15) is 0 Å². The normalized spacial score (nSPS) is 9.82. The molecule has 1 radical (unpaired) electrons. The van der Waals surface area contributed by atoms with Crippen LogP contribution in [0, 0.1) is 6.33 Å². The zero-order valence-electron chi connectivity index (χ0n) is 5.68. The maximum atomic E-state index is 3.91. The summed E-state index contributed by atoms with van der Waals surface area (Å²) >= 11 is 0. The number of imidazole rings is 1. The minimum Gasteiger partial charge on any atom is -0.290 e. The van der Waals surface area contributed by atoms with Crippen molar-refractivity contribution in [3.63, 3.8) is 0 Å². The summed E-state index contributed by atoms with van der Waals surface area (Å²) in [6, 6.07) is 1.79. The summed E-state index contributed by atoms with van der Waals surface area (Å²) in [7, 11) is 0. The Morgan fingerprint density at radius 2 is 2.36 bits per heavy atom. The highest BCUT2D eigenvalue weighted by Crippen LogP contribution is 1.98. The van der Waals surface area contributed by atoms with Crippen molar-refractivity contribution in [2.45, 2.75) is 0 Å². The van der Waals surface area contributed by atoms with E-state index in [1.165, 1.54) is 0 Å². The lowest BCUT2D eigenvalue weighted by Gasteiger charge is -1.95. The molecule has 0 saturated carbocycles. The van der Waals surface area contributed by atoms with Crippen molar-refractivity contribution in [3.05, 3.63) is 37.3 Å². The molecule has 0 fully saturated rings. The van der Waals surface area contributed by atoms with Gasteiger partial charge < -0.3 is 0 Å². The van der Waals surface area contributed by atoms with E-state index in [1.807, 2.05) is 6.20 Å². The summed E-state index contributed by atoms with van der Waals surface area (Å²) in [4.78, 5) is 11.5. The molecule has 2 aromatic heterocycles. The lowest BCUT2D eigenvalue weighted by atomic mass is 10.6. The number of hydrogen-bond acceptors (Lipinski definition) is 3. The van der Waals surface area contributed by atoms with Crippen LogP contribution in [0.5, 0.6) is 0 Å². The van der Waals surface area contributed by atoms with Crippen LogP contribution >= 0.6 is 0 Å². The molecule has 0 aliphatic carbocycles. The first-order valence-electron chi connectivity index (χ1n) is 3.14. The first-order valence-corrected chi connectivity index (χ1v) is 3.14. The summed E-state index contributed by atoms with van der Waals surface area (Å²) in [5, 5.41) is 0. The molecule has 0 atom stereocenters. The van der Waals surface area contributed by atoms with Gasteiger partial charge in [-0.1, -0.05) is 0 Å². The highest BCUT2D eigenvalue weighted by Gasteiger charge is 1.92. The second kappa shape index (κ2) is 2.49. The Morgan fingerprint density at radius 3 is 3.00 bits per heavy atom. The van der Waals surface area contributed by atoms with E-state index >= 15 is 0 Å². The number of hydrogen-bond donors (Lipinski definition) is 0. The van der Waals surface area contributed by atoms with Gasteiger partial charge in [0.25, 0.3) is 0 Å². The van der Waals surface area contributed by atoms with Crippen molar-refractivity contribution in [3.8, 4) is 5.82 Å². The van der Waals surface area contributed by atoms with Gasteiger partial charge in [0.1, 0.15) is 12.1 Å². The molecule has 0 unspecified atom stereocenters. The van der Waals surface area contributed by atoms with Crippen LogP contribution in [0.15, 0.2) is 31.0 Å². The van der Waals surface area contributed by atoms with Crippen LogP contribution in [-0.2, 0) is 0 Å². The predicted molar refractivity (Wildman–Crippen MR) is 38.0 cm³/mol. The Morgan fingerprint density at radius 1 is 1.36 bits per heavy atom. The minimum atomic E-state index is 0.775. The molecular formula is C7H5N4. The van der Waals surface area contributed by atoms with Crippen LogP contribution in [0.2, 0.25) is 0 Å². The molecule has 11 heavy (non-hydrogen) atoms. The predicted octanol–water partition coefficient (Wildman–Crippen LogP) is 0.462. The highest BCUT2D eigenvalue weighted by atomic mass is 15.1. The molecule has 2 aromatic rings. The second-order valence-corrected chi connectivity index (χ2v) is 1.98. The Bertz CT molecular complexity index is 313. The molecule has 0 aliphatic heterocycles. The molecule has 0 amide bonds. The third-order valence-electron chi connectivity index (χ3n) is 1.29. The van der Waals surface area contributed by atoms with Crippen molar-refractivity contribution in [2.24, 2.45) is 0 Å². The van der Waals surface area contributed by atoms with Gasteiger partial charge in [-0.25, -0.2) is 15.0 Å². The third-order valence-corrected chi connectivity index (χ3v) is 1.29. The van der Waals surface area contributed by atoms with Gasteiger partial charge in [-0.3, -0.25) is 4.57 Å². The van der Waals surface area contributed by atoms with Gasteiger partial charge in [-0.2, -0.15) is 0 Å². The molecule has 2 heterocycles. The number of rotatable bonds is 1. The van der Waals surface area contributed by atoms with E-state index in [1.54, 1.807) is 29.4 Å². The summed E-state index contributed by atoms with van der Waals surface area (Å²) in [5.41, 5.74) is 0. The fraction of sp³-hybridized carbons (Fsp3) is 0. The van der Waals surface area contributed by atoms with Crippen molar-refractivity contribution in [1.29, 1.82) is 0 Å². The van der Waals surface area contributed by atoms with E-state index in [0.717, 1.165) is 5.82 Å². The van der Waals surface area contributed by atoms with Gasteiger partial charge in [-0.05, 0) is 6.07 Å². The summed E-state index contributed by atoms with van der Waals surface area (Å²) in [5.74, 6) is 0.775. The van der Waals surface area contributed by atoms with E-state index in [0.29, 0.717) is 0 Å². The third kappa shape index (κ3) is 1.10. The van der Waals surface area contributed by atoms with Crippen molar-refractivity contribution < 1.29 is 0 Å². The molecule has 2 rings (SSSR count). The molecule has 0 aromatic carbocycles. The smallest absolute Gasteiger partial charge is 0.199 e. The van der Waals surface area contributed by atoms with Gasteiger partial charge in [0.05, 0.1) is 0 Å². The molecule has 0 aliphatic rings. The average molecular weight is 145 g/mol. The first-order chi connectivity index (χ1) is 5.47. The maximum absolute atomic E-state index is 3.91. The largest absolute Gasteiger partial charge is 0.290 e. The van der Waals surface area contributed by atoms with E-state index in [9.17, 15) is 0 Å². The molecule has 0 N–H and O–H groups in total. The molecule has 0 spiro atoms. The lowest BCUT2D eigenvalue weighted by molar-refractivity contribution is 0.965. The minimum absolute atomic E-state index is 0.775. The molecule has 0 bridgehead atoms. The van der Waals surface area contributed by atoms with E-state index in [4.69, 9.17) is 0 Å². The maximum Gasteiger partial charge on any atom is 0.199 e. The second-order valence-electron chi connectivity index (χ2n) is 1.98. The van der Waals surface area contributed by atoms with Crippen LogP contribution in [0.25, 0.3) is 5.82 Å². The fourth-order valence-corrected chi connectivity index (χ4v) is 0.793. The topological polar surface area (TPSA) is 43.6 Å². The van der Waals surface area contributed by atoms with Gasteiger partial charge in [-0.15, -0.1) is 0 Å². The number of aromatic nitrogens is 4. The van der Waals surface area contributed by atoms with E-state index in [2.05, 4.69) is 21.3 Å². The summed E-state index contributed by atoms with van der Waals surface area (Å²) in [6.07, 6.45) is 9.33. The molecule has 53 valence electrons. The monoisotopic (exact) mass is 145 g/mol. The zero-order chi connectivity index (χ0) is 7.52. The molecule has 4 nitrogen and oxygen atoms in total. The van der Waals surface area contributed by atoms with Crippen molar-refractivity contribution in [2.75, 3.05) is 0 Å². The molecule has 4 heteroatoms. The van der Waals surface area contributed by atoms with Gasteiger partial charge in [0.2, 0.25) is 0 Å². The Labute approximate surface area is 63.6 Å². The average Bonchev–Trinajstić information content (AvgIpc) is 2.58. The molecule has 0 saturated heterocycles. The first kappa shape index (κ1) is 6.03. The van der Waals surface area contributed by atoms with Gasteiger partial charge in [0.15, 0.2) is 6.33 Å². The van der Waals surface area contributed by atoms with E-state index in [-0.39, 0.29) is 0 Å². The van der Waals surface area contributed by atoms with E-state index < -0.39 is 0 Å². The lowest BCUT2D eigenvalue weighted by Crippen LogP contribution is -1.93. The Kier molecular flexibility index (Phi) is 1.37. The van der Waals surface area contributed by atoms with Crippen LogP contribution in [-0.4, -0.2) is 19.5 Å². The SMILES string of the molecule is [c]1nccc(-n2ccnc2)n1. The highest BCUT2D eigenvalue weighted by molar-refractivity contribution is 5.17. The van der Waals surface area contributed by atoms with Crippen molar-refractivity contribution >= 4 is 0 Å². The Hall–Kier alpha value is -1.71. The summed E-state index contributed by atoms with van der Waals surface area (Å²) < 4.78 is 1.79. The fourth-order valence-electron chi connectivity index (χ4n) is 0.793. The molecular weight excluding hydrogens is 140 g/mol. The quantitative estimate of drug-likeness (QED) is 0.585. The standard InChI is InChI=1S/C7H5N4/c1-2-8-5-10-7(1)11-4-3-9-6-11/h1-4,6H. The van der Waals surface area contributed by atoms with Crippen LogP contribution in [0.4, 0.5) is 0 Å². The van der Waals surface area contributed by atoms with Gasteiger partial charge in [0, 0.05) is 18.6 Å². The zero-order valence-corrected chi connectivity index (χ0v) is 5.68. The van der Waals surface area contributed by atoms with Crippen LogP contribution < -0.4 is 0 Å². The van der Waals surface area contributed by atoms with Crippen molar-refractivity contribution in [1.82, 2.24) is 19.5 Å². The summed E-state index contributed by atoms with van der Waals surface area (Å²) in [6.45, 7) is 0. The van der Waals surface area contributed by atoms with Crippen LogP contribution in [0.3, 0.4) is 0 Å².